The van der Waals surface area contributed by atoms with Crippen LogP contribution >= 0.6 is 0 Å². The summed E-state index contributed by atoms with van der Waals surface area (Å²) >= 11 is 0. The highest BCUT2D eigenvalue weighted by molar-refractivity contribution is 5.72. The number of fused-ring (bicyclic) bond motifs is 2. The summed E-state index contributed by atoms with van der Waals surface area (Å²) in [7, 11) is 0. The molecule has 3 aromatic rings. The van der Waals surface area contributed by atoms with Crippen LogP contribution in [0.25, 0.3) is 11.3 Å². The molecule has 0 aromatic carbocycles. The number of piperazine rings is 1. The monoisotopic (exact) mass is 527 g/mol. The highest BCUT2D eigenvalue weighted by atomic mass is 19.4. The lowest BCUT2D eigenvalue weighted by Gasteiger charge is -2.35. The molecular formula is C26H28F3N7O2. The van der Waals surface area contributed by atoms with Crippen molar-refractivity contribution in [2.24, 2.45) is 0 Å². The minimum atomic E-state index is -4.49. The molecule has 2 aliphatic rings. The van der Waals surface area contributed by atoms with E-state index in [1.54, 1.807) is 23.2 Å². The van der Waals surface area contributed by atoms with Crippen LogP contribution in [-0.4, -0.2) is 56.7 Å². The molecular weight excluding hydrogens is 499 g/mol. The second-order valence-electron chi connectivity index (χ2n) is 10.5. The third kappa shape index (κ3) is 5.43. The van der Waals surface area contributed by atoms with Crippen molar-refractivity contribution in [3.8, 4) is 11.3 Å². The molecule has 2 fully saturated rings. The van der Waals surface area contributed by atoms with Crippen LogP contribution < -0.4 is 16.0 Å². The lowest BCUT2D eigenvalue weighted by Crippen LogP contribution is -2.50. The molecule has 0 saturated carbocycles. The van der Waals surface area contributed by atoms with Crippen LogP contribution in [0.15, 0.2) is 48.8 Å². The number of aromatic nitrogens is 3. The van der Waals surface area contributed by atoms with Gasteiger partial charge in [-0.3, -0.25) is 0 Å². The van der Waals surface area contributed by atoms with Crippen LogP contribution in [0.3, 0.4) is 0 Å². The second kappa shape index (κ2) is 9.34. The van der Waals surface area contributed by atoms with E-state index < -0.39 is 17.3 Å². The molecule has 12 heteroatoms. The summed E-state index contributed by atoms with van der Waals surface area (Å²) in [6.45, 7) is 6.74. The molecule has 0 radical (unpaired) electrons. The third-order valence-electron chi connectivity index (χ3n) is 6.40. The van der Waals surface area contributed by atoms with Gasteiger partial charge < -0.3 is 25.6 Å². The van der Waals surface area contributed by atoms with E-state index >= 15 is 0 Å². The summed E-state index contributed by atoms with van der Waals surface area (Å²) in [4.78, 5) is 29.6. The SMILES string of the molecule is CC(C)(C)OC(=O)N1C[C@@H]2C[C@H]1CN2c1cc(-c2cc(N)cc(Nc3cc(C(F)(F)F)ccn3)n2)ccn1. The first-order valence-corrected chi connectivity index (χ1v) is 12.2. The highest BCUT2D eigenvalue weighted by Gasteiger charge is 2.47. The quantitative estimate of drug-likeness (QED) is 0.484. The van der Waals surface area contributed by atoms with Crippen molar-refractivity contribution in [2.45, 2.75) is 51.1 Å². The zero-order valence-corrected chi connectivity index (χ0v) is 21.2. The number of hydrogen-bond acceptors (Lipinski definition) is 8. The number of nitrogens with two attached hydrogens (primary N) is 1. The molecule has 2 atom stereocenters. The van der Waals surface area contributed by atoms with Gasteiger partial charge in [-0.15, -0.1) is 0 Å². The van der Waals surface area contributed by atoms with Crippen molar-refractivity contribution in [3.63, 3.8) is 0 Å². The number of ether oxygens (including phenoxy) is 1. The number of anilines is 4. The van der Waals surface area contributed by atoms with Crippen molar-refractivity contribution >= 4 is 29.2 Å². The first-order chi connectivity index (χ1) is 17.9. The second-order valence-corrected chi connectivity index (χ2v) is 10.5. The fourth-order valence-electron chi connectivity index (χ4n) is 4.80. The maximum atomic E-state index is 13.1. The Morgan fingerprint density at radius 2 is 1.79 bits per heavy atom. The fourth-order valence-corrected chi connectivity index (χ4v) is 4.80. The van der Waals surface area contributed by atoms with Gasteiger partial charge in [0, 0.05) is 42.8 Å². The molecule has 0 spiro atoms. The average molecular weight is 528 g/mol. The molecule has 2 bridgehead atoms. The molecule has 2 aliphatic heterocycles. The zero-order valence-electron chi connectivity index (χ0n) is 21.2. The average Bonchev–Trinajstić information content (AvgIpc) is 3.44. The van der Waals surface area contributed by atoms with E-state index in [0.29, 0.717) is 24.5 Å². The smallest absolute Gasteiger partial charge is 0.416 e. The standard InChI is InChI=1S/C26H28F3N7O2/c1-25(2,3)38-24(37)36-14-18-12-19(36)13-35(18)23-8-15(4-6-32-23)20-10-17(30)11-22(33-20)34-21-9-16(5-7-31-21)26(27,28)29/h4-11,18-19H,12-14H2,1-3H3,(H3,30,31,33,34)/t18-,19-/m0/s1. The number of rotatable bonds is 4. The Kier molecular flexibility index (Phi) is 6.28. The van der Waals surface area contributed by atoms with Crippen LogP contribution in [0, 0.1) is 0 Å². The molecule has 1 amide bonds. The molecule has 9 nitrogen and oxygen atoms in total. The Bertz CT molecular complexity index is 1360. The van der Waals surface area contributed by atoms with Gasteiger partial charge in [-0.2, -0.15) is 13.2 Å². The summed E-state index contributed by atoms with van der Waals surface area (Å²) in [5, 5.41) is 2.81. The van der Waals surface area contributed by atoms with Gasteiger partial charge in [-0.05, 0) is 57.5 Å². The number of pyridine rings is 3. The molecule has 0 aliphatic carbocycles. The molecule has 5 rings (SSSR count). The number of nitrogen functional groups attached to an aromatic ring is 1. The lowest BCUT2D eigenvalue weighted by atomic mass is 10.1. The minimum Gasteiger partial charge on any atom is -0.444 e. The third-order valence-corrected chi connectivity index (χ3v) is 6.40. The van der Waals surface area contributed by atoms with Crippen molar-refractivity contribution in [1.29, 1.82) is 0 Å². The van der Waals surface area contributed by atoms with Gasteiger partial charge in [0.25, 0.3) is 0 Å². The number of amides is 1. The number of halogens is 3. The largest absolute Gasteiger partial charge is 0.444 e. The van der Waals surface area contributed by atoms with E-state index in [0.717, 1.165) is 36.1 Å². The number of hydrogen-bond donors (Lipinski definition) is 2. The lowest BCUT2D eigenvalue weighted by molar-refractivity contribution is -0.137. The van der Waals surface area contributed by atoms with Gasteiger partial charge in [0.1, 0.15) is 23.1 Å². The maximum Gasteiger partial charge on any atom is 0.416 e. The molecule has 5 heterocycles. The van der Waals surface area contributed by atoms with Gasteiger partial charge in [0.2, 0.25) is 0 Å². The first-order valence-electron chi connectivity index (χ1n) is 12.2. The van der Waals surface area contributed by atoms with Crippen molar-refractivity contribution in [1.82, 2.24) is 19.9 Å². The van der Waals surface area contributed by atoms with E-state index in [1.807, 2.05) is 26.8 Å². The number of nitrogens with one attached hydrogen (secondary N) is 1. The number of carbonyl (C=O) groups excluding carboxylic acids is 1. The van der Waals surface area contributed by atoms with E-state index in [-0.39, 0.29) is 29.8 Å². The Labute approximate surface area is 217 Å². The zero-order chi connectivity index (χ0) is 27.2. The molecule has 3 N–H and O–H groups in total. The highest BCUT2D eigenvalue weighted by Crippen LogP contribution is 2.36. The topological polar surface area (TPSA) is 110 Å². The van der Waals surface area contributed by atoms with Gasteiger partial charge in [0.15, 0.2) is 0 Å². The first kappa shape index (κ1) is 25.6. The van der Waals surface area contributed by atoms with Gasteiger partial charge in [-0.1, -0.05) is 0 Å². The van der Waals surface area contributed by atoms with E-state index in [2.05, 4.69) is 25.2 Å². The van der Waals surface area contributed by atoms with Crippen LogP contribution in [0.2, 0.25) is 0 Å². The normalized spacial score (nSPS) is 19.1. The van der Waals surface area contributed by atoms with E-state index in [9.17, 15) is 18.0 Å². The fraction of sp³-hybridized carbons (Fsp3) is 0.385. The molecule has 2 saturated heterocycles. The van der Waals surface area contributed by atoms with E-state index in [1.165, 1.54) is 6.07 Å². The minimum absolute atomic E-state index is 0.00178. The molecule has 0 unspecified atom stereocenters. The predicted molar refractivity (Wildman–Crippen MR) is 137 cm³/mol. The Morgan fingerprint density at radius 1 is 1.03 bits per heavy atom. The maximum absolute atomic E-state index is 13.1. The predicted octanol–water partition coefficient (Wildman–Crippen LogP) is 5.08. The van der Waals surface area contributed by atoms with Crippen molar-refractivity contribution < 1.29 is 22.7 Å². The summed E-state index contributed by atoms with van der Waals surface area (Å²) < 4.78 is 44.8. The molecule has 38 heavy (non-hydrogen) atoms. The van der Waals surface area contributed by atoms with Crippen molar-refractivity contribution in [2.75, 3.05) is 29.0 Å². The summed E-state index contributed by atoms with van der Waals surface area (Å²) in [5.74, 6) is 1.01. The summed E-state index contributed by atoms with van der Waals surface area (Å²) in [6, 6.07) is 8.88. The van der Waals surface area contributed by atoms with Gasteiger partial charge >= 0.3 is 12.3 Å². The Balaban J connectivity index is 1.33. The Morgan fingerprint density at radius 3 is 2.47 bits per heavy atom. The number of carbonyl (C=O) groups is 1. The van der Waals surface area contributed by atoms with Crippen LogP contribution in [0.1, 0.15) is 32.8 Å². The van der Waals surface area contributed by atoms with Gasteiger partial charge in [-0.25, -0.2) is 19.7 Å². The number of nitrogens with zero attached hydrogens (tertiary/aromatic N) is 5. The van der Waals surface area contributed by atoms with Crippen molar-refractivity contribution in [3.05, 3.63) is 54.4 Å². The van der Waals surface area contributed by atoms with Gasteiger partial charge in [0.05, 0.1) is 23.3 Å². The molecule has 200 valence electrons. The summed E-state index contributed by atoms with van der Waals surface area (Å²) in [5.41, 5.74) is 6.38. The summed E-state index contributed by atoms with van der Waals surface area (Å²) in [6.07, 6.45) is -1.19. The van der Waals surface area contributed by atoms with Crippen LogP contribution in [0.4, 0.5) is 41.1 Å². The number of alkyl halides is 3. The Hall–Kier alpha value is -4.09. The van der Waals surface area contributed by atoms with Crippen LogP contribution in [-0.2, 0) is 10.9 Å². The van der Waals surface area contributed by atoms with E-state index in [4.69, 9.17) is 10.5 Å². The van der Waals surface area contributed by atoms with Crippen LogP contribution in [0.5, 0.6) is 0 Å². The number of likely N-dealkylation sites (tertiary alicyclic amines) is 1. The molecule has 3 aromatic heterocycles.